The van der Waals surface area contributed by atoms with Crippen molar-refractivity contribution < 1.29 is 4.21 Å². The lowest BCUT2D eigenvalue weighted by molar-refractivity contribution is 0.654. The van der Waals surface area contributed by atoms with Gasteiger partial charge in [-0.1, -0.05) is 12.8 Å². The van der Waals surface area contributed by atoms with Crippen LogP contribution >= 0.6 is 10.5 Å². The molecule has 5 heteroatoms. The van der Waals surface area contributed by atoms with Gasteiger partial charge in [0.15, 0.2) is 4.86 Å². The lowest BCUT2D eigenvalue weighted by Gasteiger charge is -2.10. The van der Waals surface area contributed by atoms with Gasteiger partial charge >= 0.3 is 0 Å². The number of hydrogen-bond acceptors (Lipinski definition) is 3. The average Bonchev–Trinajstić information content (AvgIpc) is 3.10. The van der Waals surface area contributed by atoms with Gasteiger partial charge in [0, 0.05) is 9.81 Å². The van der Waals surface area contributed by atoms with Crippen molar-refractivity contribution in [2.45, 2.75) is 25.7 Å². The van der Waals surface area contributed by atoms with Crippen LogP contribution in [0.3, 0.4) is 0 Å². The molecule has 0 N–H and O–H groups in total. The maximum atomic E-state index is 12.5. The van der Waals surface area contributed by atoms with Crippen molar-refractivity contribution in [2.75, 3.05) is 0 Å². The highest BCUT2D eigenvalue weighted by Crippen LogP contribution is 2.48. The van der Waals surface area contributed by atoms with Crippen LogP contribution in [0.15, 0.2) is 32.3 Å². The van der Waals surface area contributed by atoms with E-state index in [0.717, 1.165) is 27.6 Å². The maximum Gasteiger partial charge on any atom is 0.161 e. The molecular formula is C14H12N2OS2. The number of nitriles is 2. The van der Waals surface area contributed by atoms with Crippen molar-refractivity contribution in [2.24, 2.45) is 5.92 Å². The molecule has 0 saturated heterocycles. The highest BCUT2D eigenvalue weighted by Gasteiger charge is 2.33. The maximum absolute atomic E-state index is 12.5. The largest absolute Gasteiger partial charge is 0.249 e. The van der Waals surface area contributed by atoms with E-state index in [2.05, 4.69) is 0 Å². The fourth-order valence-electron chi connectivity index (χ4n) is 2.77. The highest BCUT2D eigenvalue weighted by atomic mass is 32.2. The van der Waals surface area contributed by atoms with Crippen LogP contribution in [0.1, 0.15) is 25.7 Å². The molecule has 2 atom stereocenters. The average molecular weight is 288 g/mol. The van der Waals surface area contributed by atoms with Gasteiger partial charge in [-0.3, -0.25) is 0 Å². The van der Waals surface area contributed by atoms with Crippen LogP contribution < -0.4 is 0 Å². The van der Waals surface area contributed by atoms with E-state index in [-0.39, 0.29) is 4.86 Å². The van der Waals surface area contributed by atoms with Gasteiger partial charge < -0.3 is 0 Å². The molecule has 1 aliphatic carbocycles. The Balaban J connectivity index is 2.02. The lowest BCUT2D eigenvalue weighted by atomic mass is 10.1. The Morgan fingerprint density at radius 1 is 1.21 bits per heavy atom. The standard InChI is InChI=1S/C14H12N2OS2/c15-8-11(9-16)18-6-5-12-14(18)7-13(19(12)17)10-3-1-2-4-10/h5-7,10H,1-4H2. The van der Waals surface area contributed by atoms with Crippen LogP contribution in [-0.2, 0) is 10.8 Å². The normalized spacial score (nSPS) is 29.1. The van der Waals surface area contributed by atoms with Crippen LogP contribution in [0.25, 0.3) is 0 Å². The molecule has 19 heavy (non-hydrogen) atoms. The minimum Gasteiger partial charge on any atom is -0.249 e. The van der Waals surface area contributed by atoms with Crippen molar-refractivity contribution in [3.63, 3.8) is 0 Å². The lowest BCUT2D eigenvalue weighted by Crippen LogP contribution is -2.02. The van der Waals surface area contributed by atoms with Gasteiger partial charge in [-0.05, 0) is 36.3 Å². The fraction of sp³-hybridized carbons (Fsp3) is 0.357. The van der Waals surface area contributed by atoms with Crippen LogP contribution in [0.5, 0.6) is 0 Å². The van der Waals surface area contributed by atoms with E-state index in [0.29, 0.717) is 5.92 Å². The van der Waals surface area contributed by atoms with E-state index in [1.165, 1.54) is 12.8 Å². The van der Waals surface area contributed by atoms with E-state index in [1.54, 1.807) is 0 Å². The summed E-state index contributed by atoms with van der Waals surface area (Å²) in [4.78, 5) is 2.97. The van der Waals surface area contributed by atoms with Crippen molar-refractivity contribution >= 4 is 26.1 Å². The van der Waals surface area contributed by atoms with Gasteiger partial charge in [-0.2, -0.15) is 10.5 Å². The smallest absolute Gasteiger partial charge is 0.161 e. The Bertz CT molecular complexity index is 661. The zero-order chi connectivity index (χ0) is 13.4. The summed E-state index contributed by atoms with van der Waals surface area (Å²) in [6.45, 7) is 0. The van der Waals surface area contributed by atoms with Crippen LogP contribution in [0.4, 0.5) is 0 Å². The third kappa shape index (κ3) is 1.94. The second kappa shape index (κ2) is 4.92. The molecular weight excluding hydrogens is 276 g/mol. The number of rotatable bonds is 1. The predicted octanol–water partition coefficient (Wildman–Crippen LogP) is 3.05. The molecule has 0 amide bonds. The zero-order valence-corrected chi connectivity index (χ0v) is 11.9. The number of allylic oxidation sites excluding steroid dienone is 3. The van der Waals surface area contributed by atoms with E-state index in [9.17, 15) is 4.21 Å². The third-order valence-electron chi connectivity index (χ3n) is 3.70. The summed E-state index contributed by atoms with van der Waals surface area (Å²) in [5, 5.41) is 19.8. The van der Waals surface area contributed by atoms with Gasteiger partial charge in [-0.25, -0.2) is 4.21 Å². The molecule has 2 unspecified atom stereocenters. The SMILES string of the molecule is N#CC(C#N)=S1C=CC2=C1C=C(C1CCCC1)S2=O. The minimum absolute atomic E-state index is 0.210. The van der Waals surface area contributed by atoms with Crippen molar-refractivity contribution in [1.82, 2.24) is 0 Å². The summed E-state index contributed by atoms with van der Waals surface area (Å²) in [5.74, 6) is 0.429. The van der Waals surface area contributed by atoms with Gasteiger partial charge in [0.2, 0.25) is 0 Å². The molecule has 3 rings (SSSR count). The molecule has 1 fully saturated rings. The first-order valence-electron chi connectivity index (χ1n) is 6.22. The zero-order valence-electron chi connectivity index (χ0n) is 10.3. The van der Waals surface area contributed by atoms with E-state index in [1.807, 2.05) is 29.7 Å². The first-order valence-corrected chi connectivity index (χ1v) is 8.66. The molecule has 2 heterocycles. The van der Waals surface area contributed by atoms with Crippen molar-refractivity contribution in [1.29, 1.82) is 10.5 Å². The predicted molar refractivity (Wildman–Crippen MR) is 78.2 cm³/mol. The first-order chi connectivity index (χ1) is 9.26. The van der Waals surface area contributed by atoms with Gasteiger partial charge in [0.1, 0.15) is 12.1 Å². The summed E-state index contributed by atoms with van der Waals surface area (Å²) in [6, 6.07) is 3.92. The van der Waals surface area contributed by atoms with Crippen LogP contribution in [0, 0.1) is 28.6 Å². The molecule has 96 valence electrons. The monoisotopic (exact) mass is 288 g/mol. The molecule has 1 saturated carbocycles. The molecule has 0 aromatic rings. The Labute approximate surface area is 117 Å². The summed E-state index contributed by atoms with van der Waals surface area (Å²) >= 11 is 0. The molecule has 3 nitrogen and oxygen atoms in total. The minimum atomic E-state index is -1.07. The van der Waals surface area contributed by atoms with E-state index >= 15 is 0 Å². The molecule has 0 aromatic carbocycles. The second-order valence-electron chi connectivity index (χ2n) is 4.72. The first kappa shape index (κ1) is 12.6. The van der Waals surface area contributed by atoms with Gasteiger partial charge in [0.05, 0.1) is 15.7 Å². The Hall–Kier alpha value is -1.43. The topological polar surface area (TPSA) is 64.7 Å². The third-order valence-corrected chi connectivity index (χ3v) is 7.31. The number of nitrogens with zero attached hydrogens (tertiary/aromatic N) is 2. The summed E-state index contributed by atoms with van der Waals surface area (Å²) in [6.07, 6.45) is 8.48. The Kier molecular flexibility index (Phi) is 3.26. The molecule has 0 bridgehead atoms. The Morgan fingerprint density at radius 3 is 2.53 bits per heavy atom. The molecule has 0 radical (unpaired) electrons. The molecule has 0 spiro atoms. The fourth-order valence-corrected chi connectivity index (χ4v) is 6.39. The van der Waals surface area contributed by atoms with Crippen LogP contribution in [0.2, 0.25) is 0 Å². The molecule has 2 aliphatic heterocycles. The van der Waals surface area contributed by atoms with Gasteiger partial charge in [0.25, 0.3) is 0 Å². The Morgan fingerprint density at radius 2 is 1.89 bits per heavy atom. The number of hydrogen-bond donors (Lipinski definition) is 0. The van der Waals surface area contributed by atoms with E-state index < -0.39 is 21.3 Å². The molecule has 3 aliphatic rings. The quantitative estimate of drug-likeness (QED) is 0.697. The highest BCUT2D eigenvalue weighted by molar-refractivity contribution is 8.23. The van der Waals surface area contributed by atoms with Crippen molar-refractivity contribution in [3.05, 3.63) is 32.3 Å². The van der Waals surface area contributed by atoms with Gasteiger partial charge in [-0.15, -0.1) is 10.5 Å². The summed E-state index contributed by atoms with van der Waals surface area (Å²) in [7, 11) is -1.66. The van der Waals surface area contributed by atoms with E-state index in [4.69, 9.17) is 10.5 Å². The van der Waals surface area contributed by atoms with Crippen molar-refractivity contribution in [3.8, 4) is 12.1 Å². The summed E-state index contributed by atoms with van der Waals surface area (Å²) in [5.41, 5.74) is 0. The summed E-state index contributed by atoms with van der Waals surface area (Å²) < 4.78 is 12.5. The molecule has 0 aromatic heterocycles. The van der Waals surface area contributed by atoms with Crippen LogP contribution in [-0.4, -0.2) is 9.07 Å². The second-order valence-corrected chi connectivity index (χ2v) is 7.96.